The lowest BCUT2D eigenvalue weighted by Gasteiger charge is -2.23. The van der Waals surface area contributed by atoms with Gasteiger partial charge in [0.05, 0.1) is 21.8 Å². The number of thiazole rings is 1. The van der Waals surface area contributed by atoms with Crippen LogP contribution in [0.15, 0.2) is 46.2 Å². The summed E-state index contributed by atoms with van der Waals surface area (Å²) >= 11 is 1.58. The number of amides is 1. The minimum absolute atomic E-state index is 0.0233. The first kappa shape index (κ1) is 16.0. The van der Waals surface area contributed by atoms with Crippen molar-refractivity contribution in [3.05, 3.63) is 46.7 Å². The van der Waals surface area contributed by atoms with Gasteiger partial charge in [0.2, 0.25) is 5.96 Å². The van der Waals surface area contributed by atoms with E-state index in [1.807, 2.05) is 23.7 Å². The second-order valence-corrected chi connectivity index (χ2v) is 6.85. The third-order valence-corrected chi connectivity index (χ3v) is 5.08. The Kier molecular flexibility index (Phi) is 4.33. The Morgan fingerprint density at radius 1 is 1.44 bits per heavy atom. The van der Waals surface area contributed by atoms with Gasteiger partial charge in [-0.05, 0) is 43.0 Å². The normalized spacial score (nSPS) is 22.0. The highest BCUT2D eigenvalue weighted by molar-refractivity contribution is 7.16. The summed E-state index contributed by atoms with van der Waals surface area (Å²) in [4.78, 5) is 20.9. The van der Waals surface area contributed by atoms with Crippen LogP contribution in [0.3, 0.4) is 0 Å². The fourth-order valence-corrected chi connectivity index (χ4v) is 3.73. The number of methoxy groups -OCH3 is 1. The molecule has 0 spiro atoms. The number of fused-ring (bicyclic) bond motifs is 1. The van der Waals surface area contributed by atoms with Gasteiger partial charge in [0.1, 0.15) is 5.70 Å². The van der Waals surface area contributed by atoms with Crippen LogP contribution in [-0.4, -0.2) is 30.1 Å². The molecule has 0 fully saturated rings. The zero-order valence-corrected chi connectivity index (χ0v) is 14.6. The first-order valence-corrected chi connectivity index (χ1v) is 9.06. The van der Waals surface area contributed by atoms with Gasteiger partial charge in [-0.15, -0.1) is 11.3 Å². The third-order valence-electron chi connectivity index (χ3n) is 4.28. The number of allylic oxidation sites excluding steroid dienone is 1. The van der Waals surface area contributed by atoms with Crippen molar-refractivity contribution in [3.63, 3.8) is 0 Å². The SMILES string of the molecule is CO[C@H]1CCCC=C1NC1=N/C(=C\c2ccc3ncsc3c2)C(=O)N1. The number of carbonyl (C=O) groups excluding carboxylic acids is 1. The number of hydrogen-bond acceptors (Lipinski definition) is 6. The fourth-order valence-electron chi connectivity index (χ4n) is 3.01. The zero-order chi connectivity index (χ0) is 17.2. The van der Waals surface area contributed by atoms with Crippen molar-refractivity contribution in [2.75, 3.05) is 7.11 Å². The Balaban J connectivity index is 1.56. The van der Waals surface area contributed by atoms with Crippen molar-refractivity contribution in [2.24, 2.45) is 4.99 Å². The van der Waals surface area contributed by atoms with Crippen LogP contribution in [0.25, 0.3) is 16.3 Å². The quantitative estimate of drug-likeness (QED) is 0.831. The minimum atomic E-state index is -0.211. The number of hydrogen-bond donors (Lipinski definition) is 2. The molecule has 0 bridgehead atoms. The second kappa shape index (κ2) is 6.78. The molecule has 25 heavy (non-hydrogen) atoms. The molecule has 0 saturated carbocycles. The summed E-state index contributed by atoms with van der Waals surface area (Å²) in [6, 6.07) is 5.90. The molecule has 2 N–H and O–H groups in total. The van der Waals surface area contributed by atoms with Crippen LogP contribution in [0.2, 0.25) is 0 Å². The summed E-state index contributed by atoms with van der Waals surface area (Å²) in [6.07, 6.45) is 6.98. The summed E-state index contributed by atoms with van der Waals surface area (Å²) in [5, 5.41) is 5.97. The number of nitrogens with zero attached hydrogens (tertiary/aromatic N) is 2. The monoisotopic (exact) mass is 354 g/mol. The van der Waals surface area contributed by atoms with Gasteiger partial charge in [-0.3, -0.25) is 10.1 Å². The molecule has 7 heteroatoms. The molecule has 1 aliphatic heterocycles. The standard InChI is InChI=1S/C18H18N4O2S/c1-24-15-5-3-2-4-12(15)20-18-21-14(17(23)22-18)8-11-6-7-13-16(9-11)25-10-19-13/h4,6-10,15H,2-3,5H2,1H3,(H2,20,21,22,23)/b14-8-/t15-/m0/s1. The van der Waals surface area contributed by atoms with Crippen LogP contribution in [0, 0.1) is 0 Å². The third kappa shape index (κ3) is 3.33. The number of aromatic nitrogens is 1. The number of rotatable bonds is 3. The first-order valence-electron chi connectivity index (χ1n) is 8.18. The molecule has 1 aromatic carbocycles. The van der Waals surface area contributed by atoms with Gasteiger partial charge < -0.3 is 10.1 Å². The molecular formula is C18H18N4O2S. The van der Waals surface area contributed by atoms with E-state index in [4.69, 9.17) is 4.74 Å². The lowest BCUT2D eigenvalue weighted by atomic mass is 10.0. The van der Waals surface area contributed by atoms with Crippen molar-refractivity contribution < 1.29 is 9.53 Å². The molecular weight excluding hydrogens is 336 g/mol. The van der Waals surface area contributed by atoms with Crippen molar-refractivity contribution in [3.8, 4) is 0 Å². The van der Waals surface area contributed by atoms with E-state index < -0.39 is 0 Å². The number of ether oxygens (including phenoxy) is 1. The van der Waals surface area contributed by atoms with Gasteiger partial charge in [0.25, 0.3) is 5.91 Å². The number of carbonyl (C=O) groups is 1. The topological polar surface area (TPSA) is 75.6 Å². The average molecular weight is 354 g/mol. The van der Waals surface area contributed by atoms with Crippen molar-refractivity contribution >= 4 is 39.5 Å². The molecule has 0 radical (unpaired) electrons. The Bertz CT molecular complexity index is 913. The van der Waals surface area contributed by atoms with Crippen molar-refractivity contribution in [2.45, 2.75) is 25.4 Å². The Hall–Kier alpha value is -2.51. The minimum Gasteiger partial charge on any atom is -0.375 e. The molecule has 1 amide bonds. The Morgan fingerprint density at radius 2 is 2.36 bits per heavy atom. The zero-order valence-electron chi connectivity index (χ0n) is 13.8. The van der Waals surface area contributed by atoms with E-state index in [-0.39, 0.29) is 12.0 Å². The summed E-state index contributed by atoms with van der Waals surface area (Å²) in [7, 11) is 1.70. The van der Waals surface area contributed by atoms with Gasteiger partial charge >= 0.3 is 0 Å². The predicted octanol–water partition coefficient (Wildman–Crippen LogP) is 2.80. The molecule has 1 aliphatic carbocycles. The second-order valence-electron chi connectivity index (χ2n) is 5.96. The fraction of sp³-hybridized carbons (Fsp3) is 0.278. The molecule has 2 aromatic rings. The average Bonchev–Trinajstić information content (AvgIpc) is 3.22. The maximum absolute atomic E-state index is 12.2. The van der Waals surface area contributed by atoms with E-state index in [0.29, 0.717) is 11.7 Å². The maximum Gasteiger partial charge on any atom is 0.276 e. The van der Waals surface area contributed by atoms with E-state index in [1.165, 1.54) is 0 Å². The highest BCUT2D eigenvalue weighted by Gasteiger charge is 2.24. The molecule has 0 unspecified atom stereocenters. The molecule has 1 atom stereocenters. The van der Waals surface area contributed by atoms with Crippen molar-refractivity contribution in [1.82, 2.24) is 15.6 Å². The number of guanidine groups is 1. The van der Waals surface area contributed by atoms with Crippen LogP contribution in [0.4, 0.5) is 0 Å². The van der Waals surface area contributed by atoms with E-state index in [1.54, 1.807) is 24.5 Å². The summed E-state index contributed by atoms with van der Waals surface area (Å²) in [5.41, 5.74) is 5.05. The molecule has 0 saturated heterocycles. The van der Waals surface area contributed by atoms with E-state index in [9.17, 15) is 4.79 Å². The Labute approximate surface area is 149 Å². The van der Waals surface area contributed by atoms with Crippen LogP contribution in [-0.2, 0) is 9.53 Å². The van der Waals surface area contributed by atoms with Crippen LogP contribution in [0.1, 0.15) is 24.8 Å². The van der Waals surface area contributed by atoms with Gasteiger partial charge in [-0.1, -0.05) is 12.1 Å². The molecule has 2 aliphatic rings. The summed E-state index contributed by atoms with van der Waals surface area (Å²) in [5.74, 6) is 0.239. The largest absolute Gasteiger partial charge is 0.375 e. The molecule has 4 rings (SSSR count). The molecule has 128 valence electrons. The van der Waals surface area contributed by atoms with Gasteiger partial charge in [0, 0.05) is 12.8 Å². The van der Waals surface area contributed by atoms with Gasteiger partial charge in [0.15, 0.2) is 0 Å². The van der Waals surface area contributed by atoms with Crippen LogP contribution >= 0.6 is 11.3 Å². The van der Waals surface area contributed by atoms with Gasteiger partial charge in [-0.2, -0.15) is 0 Å². The number of aliphatic imine (C=N–C) groups is 1. The highest BCUT2D eigenvalue weighted by Crippen LogP contribution is 2.22. The Morgan fingerprint density at radius 3 is 3.24 bits per heavy atom. The molecule has 6 nitrogen and oxygen atoms in total. The van der Waals surface area contributed by atoms with Gasteiger partial charge in [-0.25, -0.2) is 9.98 Å². The van der Waals surface area contributed by atoms with E-state index in [0.717, 1.165) is 40.7 Å². The van der Waals surface area contributed by atoms with Crippen LogP contribution < -0.4 is 10.6 Å². The molecule has 1 aromatic heterocycles. The number of nitrogens with one attached hydrogen (secondary N) is 2. The van der Waals surface area contributed by atoms with Crippen LogP contribution in [0.5, 0.6) is 0 Å². The van der Waals surface area contributed by atoms with E-state index in [2.05, 4.69) is 26.7 Å². The predicted molar refractivity (Wildman–Crippen MR) is 99.0 cm³/mol. The number of benzene rings is 1. The van der Waals surface area contributed by atoms with Crippen molar-refractivity contribution in [1.29, 1.82) is 0 Å². The molecule has 2 heterocycles. The lowest BCUT2D eigenvalue weighted by Crippen LogP contribution is -2.39. The first-order chi connectivity index (χ1) is 12.2. The highest BCUT2D eigenvalue weighted by atomic mass is 32.1. The smallest absolute Gasteiger partial charge is 0.276 e. The maximum atomic E-state index is 12.2. The lowest BCUT2D eigenvalue weighted by molar-refractivity contribution is -0.115. The summed E-state index contributed by atoms with van der Waals surface area (Å²) < 4.78 is 6.57. The van der Waals surface area contributed by atoms with E-state index >= 15 is 0 Å². The summed E-state index contributed by atoms with van der Waals surface area (Å²) in [6.45, 7) is 0.